The molecule has 0 fully saturated rings. The molecular weight excluding hydrogens is 404 g/mol. The Hall–Kier alpha value is -2.87. The molecule has 1 unspecified atom stereocenters. The summed E-state index contributed by atoms with van der Waals surface area (Å²) in [6.45, 7) is 7.38. The zero-order chi connectivity index (χ0) is 22.5. The maximum Gasteiger partial charge on any atom is 0.338 e. The SMILES string of the molecule is CCOC(=O)c1ccc(NC(=O)C(CC)N(c2cccc(C)c2)S(C)(=O)=O)c(C)c1. The van der Waals surface area contributed by atoms with Gasteiger partial charge in [0.1, 0.15) is 6.04 Å². The maximum absolute atomic E-state index is 13.1. The van der Waals surface area contributed by atoms with Crippen LogP contribution in [0.1, 0.15) is 41.8 Å². The van der Waals surface area contributed by atoms with Gasteiger partial charge in [0.2, 0.25) is 15.9 Å². The number of aryl methyl sites for hydroxylation is 2. The average Bonchev–Trinajstić information content (AvgIpc) is 2.66. The summed E-state index contributed by atoms with van der Waals surface area (Å²) in [5.41, 5.74) is 2.89. The summed E-state index contributed by atoms with van der Waals surface area (Å²) in [5.74, 6) is -0.885. The third-order valence-corrected chi connectivity index (χ3v) is 5.76. The summed E-state index contributed by atoms with van der Waals surface area (Å²) in [5, 5.41) is 2.80. The van der Waals surface area contributed by atoms with Crippen molar-refractivity contribution < 1.29 is 22.7 Å². The predicted octanol–water partition coefficient (Wildman–Crippen LogP) is 3.66. The van der Waals surface area contributed by atoms with Crippen LogP contribution < -0.4 is 9.62 Å². The highest BCUT2D eigenvalue weighted by molar-refractivity contribution is 7.92. The van der Waals surface area contributed by atoms with Crippen LogP contribution in [0.4, 0.5) is 11.4 Å². The maximum atomic E-state index is 13.1. The minimum atomic E-state index is -3.71. The third kappa shape index (κ3) is 5.60. The number of rotatable bonds is 8. The lowest BCUT2D eigenvalue weighted by molar-refractivity contribution is -0.117. The molecular formula is C22H28N2O5S. The molecule has 0 bridgehead atoms. The second-order valence-corrected chi connectivity index (χ2v) is 8.92. The van der Waals surface area contributed by atoms with Crippen LogP contribution in [-0.4, -0.2) is 39.2 Å². The summed E-state index contributed by atoms with van der Waals surface area (Å²) in [7, 11) is -3.71. The minimum absolute atomic E-state index is 0.273. The van der Waals surface area contributed by atoms with E-state index in [1.165, 1.54) is 0 Å². The average molecular weight is 433 g/mol. The summed E-state index contributed by atoms with van der Waals surface area (Å²) in [4.78, 5) is 24.9. The first-order valence-corrected chi connectivity index (χ1v) is 11.6. The lowest BCUT2D eigenvalue weighted by atomic mass is 10.1. The van der Waals surface area contributed by atoms with Crippen LogP contribution in [0.25, 0.3) is 0 Å². The molecule has 0 aromatic heterocycles. The minimum Gasteiger partial charge on any atom is -0.462 e. The highest BCUT2D eigenvalue weighted by Gasteiger charge is 2.31. The molecule has 1 amide bonds. The first-order valence-electron chi connectivity index (χ1n) is 9.73. The van der Waals surface area contributed by atoms with Crippen LogP contribution in [0.15, 0.2) is 42.5 Å². The molecule has 8 heteroatoms. The lowest BCUT2D eigenvalue weighted by Gasteiger charge is -2.30. The van der Waals surface area contributed by atoms with E-state index in [0.717, 1.165) is 16.1 Å². The molecule has 162 valence electrons. The number of sulfonamides is 1. The van der Waals surface area contributed by atoms with Gasteiger partial charge in [-0.2, -0.15) is 0 Å². The Morgan fingerprint density at radius 3 is 2.33 bits per heavy atom. The van der Waals surface area contributed by atoms with Crippen molar-refractivity contribution in [2.24, 2.45) is 0 Å². The zero-order valence-electron chi connectivity index (χ0n) is 17.9. The second-order valence-electron chi connectivity index (χ2n) is 7.06. The van der Waals surface area contributed by atoms with Gasteiger partial charge in [-0.1, -0.05) is 19.1 Å². The largest absolute Gasteiger partial charge is 0.462 e. The Kier molecular flexibility index (Phi) is 7.61. The van der Waals surface area contributed by atoms with E-state index in [1.54, 1.807) is 57.2 Å². The van der Waals surface area contributed by atoms with Crippen LogP contribution >= 0.6 is 0 Å². The van der Waals surface area contributed by atoms with Crippen molar-refractivity contribution in [1.82, 2.24) is 0 Å². The molecule has 0 heterocycles. The van der Waals surface area contributed by atoms with Crippen LogP contribution in [0.3, 0.4) is 0 Å². The number of carbonyl (C=O) groups is 2. The Morgan fingerprint density at radius 2 is 1.80 bits per heavy atom. The molecule has 2 aromatic rings. The van der Waals surface area contributed by atoms with Gasteiger partial charge in [0.25, 0.3) is 0 Å². The fraction of sp³-hybridized carbons (Fsp3) is 0.364. The Morgan fingerprint density at radius 1 is 1.10 bits per heavy atom. The van der Waals surface area contributed by atoms with Gasteiger partial charge < -0.3 is 10.1 Å². The number of benzene rings is 2. The smallest absolute Gasteiger partial charge is 0.338 e. The Labute approximate surface area is 178 Å². The van der Waals surface area contributed by atoms with Crippen molar-refractivity contribution in [3.8, 4) is 0 Å². The van der Waals surface area contributed by atoms with Gasteiger partial charge in [-0.05, 0) is 68.7 Å². The zero-order valence-corrected chi connectivity index (χ0v) is 18.7. The number of hydrogen-bond donors (Lipinski definition) is 1. The second kappa shape index (κ2) is 9.75. The lowest BCUT2D eigenvalue weighted by Crippen LogP contribution is -2.47. The number of nitrogens with zero attached hydrogens (tertiary/aromatic N) is 1. The van der Waals surface area contributed by atoms with Crippen molar-refractivity contribution >= 4 is 33.3 Å². The third-order valence-electron chi connectivity index (χ3n) is 4.58. The summed E-state index contributed by atoms with van der Waals surface area (Å²) in [6, 6.07) is 10.9. The van der Waals surface area contributed by atoms with Crippen molar-refractivity contribution in [1.29, 1.82) is 0 Å². The molecule has 0 radical (unpaired) electrons. The van der Waals surface area contributed by atoms with Gasteiger partial charge in [0, 0.05) is 5.69 Å². The van der Waals surface area contributed by atoms with Gasteiger partial charge in [-0.25, -0.2) is 13.2 Å². The van der Waals surface area contributed by atoms with Crippen LogP contribution in [0, 0.1) is 13.8 Å². The fourth-order valence-electron chi connectivity index (χ4n) is 3.19. The van der Waals surface area contributed by atoms with E-state index in [0.29, 0.717) is 22.5 Å². The molecule has 30 heavy (non-hydrogen) atoms. The van der Waals surface area contributed by atoms with Crippen LogP contribution in [-0.2, 0) is 19.6 Å². The molecule has 0 aliphatic carbocycles. The molecule has 7 nitrogen and oxygen atoms in total. The molecule has 0 saturated carbocycles. The van der Waals surface area contributed by atoms with E-state index in [9.17, 15) is 18.0 Å². The monoisotopic (exact) mass is 432 g/mol. The van der Waals surface area contributed by atoms with Crippen molar-refractivity contribution in [2.45, 2.75) is 40.2 Å². The van der Waals surface area contributed by atoms with E-state index in [1.807, 2.05) is 13.0 Å². The standard InChI is InChI=1S/C22H28N2O5S/c1-6-20(24(30(5,27)28)18-10-8-9-15(3)13-18)21(25)23-19-12-11-17(14-16(19)4)22(26)29-7-2/h8-14,20H,6-7H2,1-5H3,(H,23,25). The fourth-order valence-corrected chi connectivity index (χ4v) is 4.39. The van der Waals surface area contributed by atoms with Gasteiger partial charge in [0.05, 0.1) is 24.1 Å². The van der Waals surface area contributed by atoms with Gasteiger partial charge in [-0.15, -0.1) is 0 Å². The van der Waals surface area contributed by atoms with Crippen LogP contribution in [0.5, 0.6) is 0 Å². The van der Waals surface area contributed by atoms with E-state index >= 15 is 0 Å². The normalized spacial score (nSPS) is 12.2. The summed E-state index contributed by atoms with van der Waals surface area (Å²) < 4.78 is 31.2. The number of amides is 1. The molecule has 1 atom stereocenters. The highest BCUT2D eigenvalue weighted by Crippen LogP contribution is 2.25. The first kappa shape index (κ1) is 23.4. The van der Waals surface area contributed by atoms with Crippen LogP contribution in [0.2, 0.25) is 0 Å². The number of hydrogen-bond acceptors (Lipinski definition) is 5. The van der Waals surface area contributed by atoms with Gasteiger partial charge >= 0.3 is 5.97 Å². The van der Waals surface area contributed by atoms with E-state index in [-0.39, 0.29) is 13.0 Å². The van der Waals surface area contributed by atoms with Crippen molar-refractivity contribution in [3.63, 3.8) is 0 Å². The molecule has 2 rings (SSSR count). The molecule has 0 saturated heterocycles. The van der Waals surface area contributed by atoms with Crippen molar-refractivity contribution in [2.75, 3.05) is 22.5 Å². The number of nitrogens with one attached hydrogen (secondary N) is 1. The quantitative estimate of drug-likeness (QED) is 0.643. The Bertz CT molecular complexity index is 1030. The topological polar surface area (TPSA) is 92.8 Å². The summed E-state index contributed by atoms with van der Waals surface area (Å²) in [6.07, 6.45) is 1.37. The summed E-state index contributed by atoms with van der Waals surface area (Å²) >= 11 is 0. The number of anilines is 2. The molecule has 2 aromatic carbocycles. The van der Waals surface area contributed by atoms with E-state index < -0.39 is 27.9 Å². The molecule has 0 aliphatic heterocycles. The molecule has 1 N–H and O–H groups in total. The number of carbonyl (C=O) groups excluding carboxylic acids is 2. The van der Waals surface area contributed by atoms with Gasteiger partial charge in [0.15, 0.2) is 0 Å². The number of esters is 1. The highest BCUT2D eigenvalue weighted by atomic mass is 32.2. The van der Waals surface area contributed by atoms with Gasteiger partial charge in [-0.3, -0.25) is 9.10 Å². The van der Waals surface area contributed by atoms with E-state index in [4.69, 9.17) is 4.74 Å². The molecule has 0 spiro atoms. The van der Waals surface area contributed by atoms with Crippen molar-refractivity contribution in [3.05, 3.63) is 59.2 Å². The Balaban J connectivity index is 2.33. The number of ether oxygens (including phenoxy) is 1. The predicted molar refractivity (Wildman–Crippen MR) is 118 cm³/mol. The first-order chi connectivity index (χ1) is 14.1. The van der Waals surface area contributed by atoms with E-state index in [2.05, 4.69) is 5.32 Å². The molecule has 0 aliphatic rings.